The Labute approximate surface area is 196 Å². The molecule has 0 aromatic heterocycles. The monoisotopic (exact) mass is 544 g/mol. The predicted octanol–water partition coefficient (Wildman–Crippen LogP) is 3.49. The number of halogens is 1. The normalized spacial score (nSPS) is 22.1. The summed E-state index contributed by atoms with van der Waals surface area (Å²) in [4.78, 5) is 18.1. The summed E-state index contributed by atoms with van der Waals surface area (Å²) in [5.74, 6) is 1.49. The van der Waals surface area contributed by atoms with Gasteiger partial charge in [0.2, 0.25) is 0 Å². The molecule has 0 aromatic carbocycles. The van der Waals surface area contributed by atoms with Gasteiger partial charge in [-0.25, -0.2) is 4.79 Å². The highest BCUT2D eigenvalue weighted by Crippen LogP contribution is 2.23. The maximum absolute atomic E-state index is 12.1. The second-order valence-electron chi connectivity index (χ2n) is 8.53. The number of rotatable bonds is 7. The SMILES string of the molecule is CCS(=O)C1CCCC(NC(=NC)NCCC(C)N(C)C(=O)OC(C)(C)C)C1.I. The van der Waals surface area contributed by atoms with Gasteiger partial charge in [-0.1, -0.05) is 13.3 Å². The second-order valence-corrected chi connectivity index (χ2v) is 10.5. The van der Waals surface area contributed by atoms with Crippen LogP contribution in [0.2, 0.25) is 0 Å². The highest BCUT2D eigenvalue weighted by Gasteiger charge is 2.26. The number of guanidine groups is 1. The molecule has 1 fully saturated rings. The van der Waals surface area contributed by atoms with Crippen molar-refractivity contribution in [3.05, 3.63) is 0 Å². The van der Waals surface area contributed by atoms with E-state index in [0.29, 0.717) is 12.6 Å². The van der Waals surface area contributed by atoms with E-state index in [1.54, 1.807) is 19.0 Å². The molecule has 2 N–H and O–H groups in total. The first-order valence-electron chi connectivity index (χ1n) is 10.4. The highest BCUT2D eigenvalue weighted by atomic mass is 127. The van der Waals surface area contributed by atoms with Crippen molar-refractivity contribution in [2.24, 2.45) is 4.99 Å². The molecule has 0 bridgehead atoms. The van der Waals surface area contributed by atoms with Crippen LogP contribution in [0.4, 0.5) is 4.79 Å². The molecule has 0 spiro atoms. The van der Waals surface area contributed by atoms with Gasteiger partial charge in [-0.05, 0) is 53.4 Å². The quantitative estimate of drug-likeness (QED) is 0.291. The van der Waals surface area contributed by atoms with Crippen LogP contribution in [0.25, 0.3) is 0 Å². The number of hydrogen-bond acceptors (Lipinski definition) is 4. The molecule has 172 valence electrons. The third-order valence-corrected chi connectivity index (χ3v) is 6.78. The first-order chi connectivity index (χ1) is 13.1. The van der Waals surface area contributed by atoms with Crippen LogP contribution in [-0.2, 0) is 15.5 Å². The summed E-state index contributed by atoms with van der Waals surface area (Å²) < 4.78 is 17.5. The topological polar surface area (TPSA) is 83.0 Å². The van der Waals surface area contributed by atoms with Crippen molar-refractivity contribution in [1.29, 1.82) is 0 Å². The smallest absolute Gasteiger partial charge is 0.410 e. The van der Waals surface area contributed by atoms with Crippen LogP contribution in [0, 0.1) is 0 Å². The molecule has 1 saturated carbocycles. The van der Waals surface area contributed by atoms with Crippen molar-refractivity contribution < 1.29 is 13.7 Å². The molecule has 0 radical (unpaired) electrons. The summed E-state index contributed by atoms with van der Waals surface area (Å²) in [6, 6.07) is 0.355. The van der Waals surface area contributed by atoms with Crippen LogP contribution in [0.15, 0.2) is 4.99 Å². The van der Waals surface area contributed by atoms with E-state index < -0.39 is 16.4 Å². The molecule has 0 heterocycles. The molecule has 0 aliphatic heterocycles. The number of nitrogens with zero attached hydrogens (tertiary/aromatic N) is 2. The lowest BCUT2D eigenvalue weighted by atomic mass is 9.95. The number of nitrogens with one attached hydrogen (secondary N) is 2. The zero-order chi connectivity index (χ0) is 21.3. The molecule has 4 atom stereocenters. The van der Waals surface area contributed by atoms with E-state index in [9.17, 15) is 9.00 Å². The van der Waals surface area contributed by atoms with Gasteiger partial charge in [-0.15, -0.1) is 24.0 Å². The average Bonchev–Trinajstić information content (AvgIpc) is 2.64. The Balaban J connectivity index is 0.00000784. The molecule has 1 aliphatic rings. The molecular weight excluding hydrogens is 503 g/mol. The zero-order valence-electron chi connectivity index (χ0n) is 19.1. The van der Waals surface area contributed by atoms with E-state index in [0.717, 1.165) is 43.8 Å². The lowest BCUT2D eigenvalue weighted by molar-refractivity contribution is 0.0230. The van der Waals surface area contributed by atoms with Crippen LogP contribution in [-0.4, -0.2) is 70.5 Å². The Kier molecular flexibility index (Phi) is 13.4. The fourth-order valence-electron chi connectivity index (χ4n) is 3.25. The number of carbonyl (C=O) groups is 1. The van der Waals surface area contributed by atoms with Crippen LogP contribution in [0.3, 0.4) is 0 Å². The molecule has 1 rings (SSSR count). The van der Waals surface area contributed by atoms with Crippen LogP contribution >= 0.6 is 24.0 Å². The van der Waals surface area contributed by atoms with Gasteiger partial charge in [0.05, 0.1) is 0 Å². The van der Waals surface area contributed by atoms with Gasteiger partial charge in [0.15, 0.2) is 5.96 Å². The maximum atomic E-state index is 12.1. The number of aliphatic imine (C=N–C) groups is 1. The Bertz CT molecular complexity index is 554. The van der Waals surface area contributed by atoms with E-state index in [2.05, 4.69) is 15.6 Å². The minimum atomic E-state index is -0.729. The predicted molar refractivity (Wildman–Crippen MR) is 133 cm³/mol. The summed E-state index contributed by atoms with van der Waals surface area (Å²) in [7, 11) is 2.80. The lowest BCUT2D eigenvalue weighted by Crippen LogP contribution is -2.47. The molecule has 0 aromatic rings. The van der Waals surface area contributed by atoms with E-state index in [-0.39, 0.29) is 41.4 Å². The number of carbonyl (C=O) groups excluding carboxylic acids is 1. The molecule has 29 heavy (non-hydrogen) atoms. The average molecular weight is 545 g/mol. The van der Waals surface area contributed by atoms with Crippen molar-refractivity contribution in [2.45, 2.75) is 89.7 Å². The van der Waals surface area contributed by atoms with Gasteiger partial charge >= 0.3 is 6.09 Å². The number of hydrogen-bond donors (Lipinski definition) is 2. The van der Waals surface area contributed by atoms with Gasteiger partial charge < -0.3 is 20.3 Å². The van der Waals surface area contributed by atoms with E-state index in [1.165, 1.54) is 0 Å². The molecular formula is C20H41IN4O3S. The van der Waals surface area contributed by atoms with Crippen molar-refractivity contribution in [1.82, 2.24) is 15.5 Å². The van der Waals surface area contributed by atoms with Gasteiger partial charge in [0.25, 0.3) is 0 Å². The zero-order valence-corrected chi connectivity index (χ0v) is 22.3. The van der Waals surface area contributed by atoms with Crippen molar-refractivity contribution in [2.75, 3.05) is 26.4 Å². The second kappa shape index (κ2) is 13.7. The van der Waals surface area contributed by atoms with Gasteiger partial charge in [0.1, 0.15) is 5.60 Å². The third-order valence-electron chi connectivity index (χ3n) is 5.04. The molecule has 7 nitrogen and oxygen atoms in total. The maximum Gasteiger partial charge on any atom is 0.410 e. The summed E-state index contributed by atoms with van der Waals surface area (Å²) in [6.07, 6.45) is 4.64. The summed E-state index contributed by atoms with van der Waals surface area (Å²) in [5, 5.41) is 7.09. The minimum Gasteiger partial charge on any atom is -0.444 e. The Morgan fingerprint density at radius 3 is 2.55 bits per heavy atom. The molecule has 0 saturated heterocycles. The largest absolute Gasteiger partial charge is 0.444 e. The first-order valence-corrected chi connectivity index (χ1v) is 11.8. The standard InChI is InChI=1S/C20H40N4O3S.HI/c1-8-28(26)17-11-9-10-16(14-17)23-18(21-6)22-13-12-15(2)24(7)19(25)27-20(3,4)5;/h15-17H,8-14H2,1-7H3,(H2,21,22,23);1H. The molecule has 9 heteroatoms. The van der Waals surface area contributed by atoms with Gasteiger partial charge in [-0.3, -0.25) is 9.20 Å². The lowest BCUT2D eigenvalue weighted by Gasteiger charge is -2.31. The van der Waals surface area contributed by atoms with E-state index >= 15 is 0 Å². The van der Waals surface area contributed by atoms with Crippen LogP contribution in [0.5, 0.6) is 0 Å². The molecule has 1 amide bonds. The van der Waals surface area contributed by atoms with E-state index in [4.69, 9.17) is 4.74 Å². The van der Waals surface area contributed by atoms with Crippen LogP contribution < -0.4 is 10.6 Å². The summed E-state index contributed by atoms with van der Waals surface area (Å²) in [6.45, 7) is 10.3. The van der Waals surface area contributed by atoms with Crippen molar-refractivity contribution in [3.63, 3.8) is 0 Å². The van der Waals surface area contributed by atoms with Crippen molar-refractivity contribution in [3.8, 4) is 0 Å². The highest BCUT2D eigenvalue weighted by molar-refractivity contribution is 14.0. The Hall–Kier alpha value is -0.580. The number of ether oxygens (including phenoxy) is 1. The summed E-state index contributed by atoms with van der Waals surface area (Å²) >= 11 is 0. The Morgan fingerprint density at radius 2 is 2.00 bits per heavy atom. The van der Waals surface area contributed by atoms with Gasteiger partial charge in [-0.2, -0.15) is 0 Å². The molecule has 1 aliphatic carbocycles. The van der Waals surface area contributed by atoms with Gasteiger partial charge in [0, 0.05) is 54.5 Å². The first kappa shape index (κ1) is 28.4. The fourth-order valence-corrected chi connectivity index (χ4v) is 4.59. The summed E-state index contributed by atoms with van der Waals surface area (Å²) in [5.41, 5.74) is -0.491. The molecule has 4 unspecified atom stereocenters. The number of amides is 1. The van der Waals surface area contributed by atoms with E-state index in [1.807, 2.05) is 34.6 Å². The van der Waals surface area contributed by atoms with Crippen LogP contribution in [0.1, 0.15) is 66.7 Å². The minimum absolute atomic E-state index is 0. The Morgan fingerprint density at radius 1 is 1.34 bits per heavy atom. The third kappa shape index (κ3) is 10.8. The van der Waals surface area contributed by atoms with Crippen molar-refractivity contribution >= 4 is 46.8 Å². The fraction of sp³-hybridized carbons (Fsp3) is 0.900.